The van der Waals surface area contributed by atoms with Crippen LogP contribution in [0.3, 0.4) is 0 Å². The summed E-state index contributed by atoms with van der Waals surface area (Å²) in [6.07, 6.45) is 4.75. The number of benzene rings is 1. The molecule has 4 nitrogen and oxygen atoms in total. The Morgan fingerprint density at radius 2 is 1.94 bits per heavy atom. The van der Waals surface area contributed by atoms with Crippen molar-refractivity contribution in [1.82, 2.24) is 9.97 Å². The van der Waals surface area contributed by atoms with Crippen LogP contribution in [-0.2, 0) is 0 Å². The molecule has 2 aromatic rings. The Kier molecular flexibility index (Phi) is 2.72. The molecular weight excluding hydrogens is 202 g/mol. The molecule has 1 heterocycles. The zero-order valence-electron chi connectivity index (χ0n) is 9.27. The Balaban J connectivity index is 2.32. The molecule has 0 aliphatic rings. The first-order valence-corrected chi connectivity index (χ1v) is 4.97. The minimum Gasteiger partial charge on any atom is -0.437 e. The summed E-state index contributed by atoms with van der Waals surface area (Å²) in [6.45, 7) is 3.94. The standard InChI is InChI=1S/C12H13N3O/c1-8-5-9(2)11(6-10(8)13)16-12-7-14-3-4-15-12/h3-7H,13H2,1-2H3. The quantitative estimate of drug-likeness (QED) is 0.782. The van der Waals surface area contributed by atoms with Gasteiger partial charge in [0.15, 0.2) is 0 Å². The molecule has 0 spiro atoms. The summed E-state index contributed by atoms with van der Waals surface area (Å²) < 4.78 is 5.59. The summed E-state index contributed by atoms with van der Waals surface area (Å²) >= 11 is 0. The molecule has 0 aliphatic carbocycles. The van der Waals surface area contributed by atoms with E-state index in [-0.39, 0.29) is 0 Å². The SMILES string of the molecule is Cc1cc(C)c(Oc2cnccn2)cc1N. The number of hydrogen-bond donors (Lipinski definition) is 1. The number of nitrogen functional groups attached to an aromatic ring is 1. The lowest BCUT2D eigenvalue weighted by Gasteiger charge is -2.09. The number of nitrogens with zero attached hydrogens (tertiary/aromatic N) is 2. The Morgan fingerprint density at radius 1 is 1.12 bits per heavy atom. The second-order valence-electron chi connectivity index (χ2n) is 3.62. The average Bonchev–Trinajstić information content (AvgIpc) is 2.27. The normalized spacial score (nSPS) is 10.1. The summed E-state index contributed by atoms with van der Waals surface area (Å²) in [5, 5.41) is 0. The smallest absolute Gasteiger partial charge is 0.237 e. The van der Waals surface area contributed by atoms with Gasteiger partial charge in [0.2, 0.25) is 5.88 Å². The molecule has 2 rings (SSSR count). The summed E-state index contributed by atoms with van der Waals surface area (Å²) in [5.41, 5.74) is 8.61. The monoisotopic (exact) mass is 215 g/mol. The van der Waals surface area contributed by atoms with Crippen LogP contribution < -0.4 is 10.5 Å². The number of rotatable bonds is 2. The van der Waals surface area contributed by atoms with Gasteiger partial charge in [0.1, 0.15) is 5.75 Å². The summed E-state index contributed by atoms with van der Waals surface area (Å²) in [4.78, 5) is 7.97. The van der Waals surface area contributed by atoms with Crippen LogP contribution in [0.5, 0.6) is 11.6 Å². The van der Waals surface area contributed by atoms with Gasteiger partial charge in [0.25, 0.3) is 0 Å². The molecule has 16 heavy (non-hydrogen) atoms. The molecule has 0 saturated carbocycles. The zero-order valence-corrected chi connectivity index (χ0v) is 9.27. The van der Waals surface area contributed by atoms with Gasteiger partial charge < -0.3 is 10.5 Å². The van der Waals surface area contributed by atoms with E-state index in [1.165, 1.54) is 0 Å². The third-order valence-electron chi connectivity index (χ3n) is 2.32. The van der Waals surface area contributed by atoms with Gasteiger partial charge in [-0.25, -0.2) is 4.98 Å². The van der Waals surface area contributed by atoms with E-state index in [4.69, 9.17) is 10.5 Å². The van der Waals surface area contributed by atoms with Gasteiger partial charge >= 0.3 is 0 Å². The van der Waals surface area contributed by atoms with Crippen LogP contribution in [0.25, 0.3) is 0 Å². The molecule has 2 N–H and O–H groups in total. The molecule has 0 amide bonds. The lowest BCUT2D eigenvalue weighted by atomic mass is 10.1. The molecule has 0 fully saturated rings. The molecule has 0 atom stereocenters. The molecular formula is C12H13N3O. The van der Waals surface area contributed by atoms with Crippen LogP contribution in [0.1, 0.15) is 11.1 Å². The molecule has 82 valence electrons. The third kappa shape index (κ3) is 2.11. The fourth-order valence-electron chi connectivity index (χ4n) is 1.41. The van der Waals surface area contributed by atoms with E-state index in [2.05, 4.69) is 9.97 Å². The van der Waals surface area contributed by atoms with E-state index in [0.29, 0.717) is 17.3 Å². The topological polar surface area (TPSA) is 61.0 Å². The molecule has 0 radical (unpaired) electrons. The minimum absolute atomic E-state index is 0.467. The fraction of sp³-hybridized carbons (Fsp3) is 0.167. The number of aryl methyl sites for hydroxylation is 2. The van der Waals surface area contributed by atoms with Crippen LogP contribution in [0.4, 0.5) is 5.69 Å². The van der Waals surface area contributed by atoms with Gasteiger partial charge in [-0.05, 0) is 25.0 Å². The molecule has 0 aliphatic heterocycles. The lowest BCUT2D eigenvalue weighted by molar-refractivity contribution is 0.457. The first-order chi connectivity index (χ1) is 7.66. The molecule has 1 aromatic carbocycles. The predicted molar refractivity (Wildman–Crippen MR) is 62.4 cm³/mol. The van der Waals surface area contributed by atoms with Crippen molar-refractivity contribution < 1.29 is 4.74 Å². The van der Waals surface area contributed by atoms with Crippen molar-refractivity contribution in [3.05, 3.63) is 41.9 Å². The van der Waals surface area contributed by atoms with Gasteiger partial charge in [0, 0.05) is 24.1 Å². The predicted octanol–water partition coefficient (Wildman–Crippen LogP) is 2.47. The van der Waals surface area contributed by atoms with Gasteiger partial charge in [-0.15, -0.1) is 0 Å². The Bertz CT molecular complexity index is 497. The fourth-order valence-corrected chi connectivity index (χ4v) is 1.41. The summed E-state index contributed by atoms with van der Waals surface area (Å²) in [6, 6.07) is 3.79. The van der Waals surface area contributed by atoms with Crippen molar-refractivity contribution in [2.75, 3.05) is 5.73 Å². The number of hydrogen-bond acceptors (Lipinski definition) is 4. The van der Waals surface area contributed by atoms with Crippen LogP contribution in [0.2, 0.25) is 0 Å². The highest BCUT2D eigenvalue weighted by Crippen LogP contribution is 2.27. The highest BCUT2D eigenvalue weighted by atomic mass is 16.5. The second-order valence-corrected chi connectivity index (χ2v) is 3.62. The third-order valence-corrected chi connectivity index (χ3v) is 2.32. The van der Waals surface area contributed by atoms with E-state index >= 15 is 0 Å². The van der Waals surface area contributed by atoms with Crippen LogP contribution in [0.15, 0.2) is 30.7 Å². The first kappa shape index (κ1) is 10.4. The largest absolute Gasteiger partial charge is 0.437 e. The van der Waals surface area contributed by atoms with Gasteiger partial charge in [-0.2, -0.15) is 0 Å². The van der Waals surface area contributed by atoms with E-state index in [1.807, 2.05) is 19.9 Å². The van der Waals surface area contributed by atoms with Crippen molar-refractivity contribution in [1.29, 1.82) is 0 Å². The van der Waals surface area contributed by atoms with Crippen molar-refractivity contribution in [3.63, 3.8) is 0 Å². The van der Waals surface area contributed by atoms with E-state index in [9.17, 15) is 0 Å². The van der Waals surface area contributed by atoms with E-state index < -0.39 is 0 Å². The average molecular weight is 215 g/mol. The van der Waals surface area contributed by atoms with Crippen molar-refractivity contribution in [2.24, 2.45) is 0 Å². The van der Waals surface area contributed by atoms with Crippen molar-refractivity contribution >= 4 is 5.69 Å². The second kappa shape index (κ2) is 4.18. The lowest BCUT2D eigenvalue weighted by Crippen LogP contribution is -1.95. The minimum atomic E-state index is 0.467. The molecule has 0 bridgehead atoms. The summed E-state index contributed by atoms with van der Waals surface area (Å²) in [5.74, 6) is 1.18. The maximum atomic E-state index is 5.83. The number of aromatic nitrogens is 2. The Hall–Kier alpha value is -2.10. The molecule has 0 unspecified atom stereocenters. The maximum Gasteiger partial charge on any atom is 0.237 e. The van der Waals surface area contributed by atoms with Crippen molar-refractivity contribution in [3.8, 4) is 11.6 Å². The van der Waals surface area contributed by atoms with E-state index in [0.717, 1.165) is 11.1 Å². The molecule has 4 heteroatoms. The van der Waals surface area contributed by atoms with Crippen LogP contribution >= 0.6 is 0 Å². The summed E-state index contributed by atoms with van der Waals surface area (Å²) in [7, 11) is 0. The number of nitrogens with two attached hydrogens (primary N) is 1. The van der Waals surface area contributed by atoms with Gasteiger partial charge in [0.05, 0.1) is 6.20 Å². The Morgan fingerprint density at radius 3 is 2.62 bits per heavy atom. The van der Waals surface area contributed by atoms with Crippen LogP contribution in [0, 0.1) is 13.8 Å². The number of ether oxygens (including phenoxy) is 1. The van der Waals surface area contributed by atoms with Gasteiger partial charge in [-0.3, -0.25) is 4.98 Å². The molecule has 1 aromatic heterocycles. The zero-order chi connectivity index (χ0) is 11.5. The first-order valence-electron chi connectivity index (χ1n) is 4.97. The highest BCUT2D eigenvalue weighted by Gasteiger charge is 2.05. The van der Waals surface area contributed by atoms with Gasteiger partial charge in [-0.1, -0.05) is 6.07 Å². The Labute approximate surface area is 94.1 Å². The van der Waals surface area contributed by atoms with Crippen LogP contribution in [-0.4, -0.2) is 9.97 Å². The van der Waals surface area contributed by atoms with E-state index in [1.54, 1.807) is 24.7 Å². The molecule has 0 saturated heterocycles. The maximum absolute atomic E-state index is 5.83. The number of anilines is 1. The van der Waals surface area contributed by atoms with Crippen molar-refractivity contribution in [2.45, 2.75) is 13.8 Å². The highest BCUT2D eigenvalue weighted by molar-refractivity contribution is 5.54.